The molecule has 0 radical (unpaired) electrons. The van der Waals surface area contributed by atoms with E-state index in [1.54, 1.807) is 0 Å². The van der Waals surface area contributed by atoms with Crippen LogP contribution in [0.5, 0.6) is 0 Å². The summed E-state index contributed by atoms with van der Waals surface area (Å²) >= 11 is 0. The zero-order valence-electron chi connectivity index (χ0n) is 21.7. The van der Waals surface area contributed by atoms with Gasteiger partial charge in [-0.15, -0.1) is 0 Å². The summed E-state index contributed by atoms with van der Waals surface area (Å²) in [5.74, 6) is 0. The van der Waals surface area contributed by atoms with Gasteiger partial charge in [-0.1, -0.05) is 121 Å². The number of furan rings is 1. The second kappa shape index (κ2) is 9.66. The van der Waals surface area contributed by atoms with Crippen molar-refractivity contribution in [1.82, 2.24) is 0 Å². The molecule has 0 aliphatic rings. The number of rotatable bonds is 5. The van der Waals surface area contributed by atoms with Gasteiger partial charge in [-0.05, 0) is 46.5 Å². The summed E-state index contributed by atoms with van der Waals surface area (Å²) in [4.78, 5) is 2.25. The molecule has 7 aromatic rings. The molecule has 0 saturated heterocycles. The average Bonchev–Trinajstić information content (AvgIpc) is 3.40. The van der Waals surface area contributed by atoms with Crippen LogP contribution in [0.4, 0.5) is 11.4 Å². The molecule has 2 nitrogen and oxygen atoms in total. The molecule has 1 aromatic heterocycles. The molecule has 186 valence electrons. The molecule has 0 unspecified atom stereocenters. The highest BCUT2D eigenvalue weighted by atomic mass is 16.3. The lowest BCUT2D eigenvalue weighted by molar-refractivity contribution is 0.670. The minimum Gasteiger partial charge on any atom is -0.455 e. The van der Waals surface area contributed by atoms with Gasteiger partial charge in [-0.2, -0.15) is 0 Å². The van der Waals surface area contributed by atoms with Crippen LogP contribution in [0.25, 0.3) is 55.3 Å². The van der Waals surface area contributed by atoms with E-state index in [0.29, 0.717) is 0 Å². The van der Waals surface area contributed by atoms with Crippen molar-refractivity contribution in [3.8, 4) is 33.4 Å². The summed E-state index contributed by atoms with van der Waals surface area (Å²) in [7, 11) is 2.13. The molecule has 0 amide bonds. The SMILES string of the molecule is CN(c1ccc(-c2ccc(-c3cccc4c3oc3ccccc34)cc2)cc1)c1ccccc1-c1ccccc1. The van der Waals surface area contributed by atoms with E-state index in [-0.39, 0.29) is 0 Å². The highest BCUT2D eigenvalue weighted by Crippen LogP contribution is 2.37. The smallest absolute Gasteiger partial charge is 0.143 e. The van der Waals surface area contributed by atoms with Crippen molar-refractivity contribution in [1.29, 1.82) is 0 Å². The Bertz CT molecular complexity index is 1900. The maximum absolute atomic E-state index is 6.26. The number of anilines is 2. The Morgan fingerprint density at radius 1 is 0.436 bits per heavy atom. The van der Waals surface area contributed by atoms with Crippen LogP contribution in [0, 0.1) is 0 Å². The van der Waals surface area contributed by atoms with Crippen LogP contribution in [0.2, 0.25) is 0 Å². The lowest BCUT2D eigenvalue weighted by Gasteiger charge is -2.23. The zero-order valence-corrected chi connectivity index (χ0v) is 21.7. The molecule has 39 heavy (non-hydrogen) atoms. The number of nitrogens with zero attached hydrogens (tertiary/aromatic N) is 1. The predicted molar refractivity (Wildman–Crippen MR) is 165 cm³/mol. The third-order valence-corrected chi connectivity index (χ3v) is 7.54. The highest BCUT2D eigenvalue weighted by molar-refractivity contribution is 6.09. The zero-order chi connectivity index (χ0) is 26.2. The van der Waals surface area contributed by atoms with E-state index in [1.165, 1.54) is 27.9 Å². The second-order valence-corrected chi connectivity index (χ2v) is 9.85. The fraction of sp³-hybridized carbons (Fsp3) is 0.0270. The van der Waals surface area contributed by atoms with Crippen LogP contribution in [0.15, 0.2) is 150 Å². The number of para-hydroxylation sites is 3. The maximum atomic E-state index is 6.26. The lowest BCUT2D eigenvalue weighted by Crippen LogP contribution is -2.10. The molecule has 0 bridgehead atoms. The molecule has 0 N–H and O–H groups in total. The van der Waals surface area contributed by atoms with Gasteiger partial charge in [0.2, 0.25) is 0 Å². The first-order chi connectivity index (χ1) is 19.3. The van der Waals surface area contributed by atoms with E-state index < -0.39 is 0 Å². The molecule has 6 aromatic carbocycles. The minimum atomic E-state index is 0.924. The summed E-state index contributed by atoms with van der Waals surface area (Å²) in [6, 6.07) is 51.3. The van der Waals surface area contributed by atoms with Gasteiger partial charge in [-0.25, -0.2) is 0 Å². The van der Waals surface area contributed by atoms with Gasteiger partial charge in [0.05, 0.1) is 0 Å². The Morgan fingerprint density at radius 2 is 1.00 bits per heavy atom. The first-order valence-corrected chi connectivity index (χ1v) is 13.3. The molecular formula is C37H27NO. The Hall–Kier alpha value is -5.08. The van der Waals surface area contributed by atoms with Crippen LogP contribution in [0.3, 0.4) is 0 Å². The van der Waals surface area contributed by atoms with Crippen LogP contribution in [0.1, 0.15) is 0 Å². The van der Waals surface area contributed by atoms with Gasteiger partial charge in [0.1, 0.15) is 11.2 Å². The molecule has 0 fully saturated rings. The fourth-order valence-corrected chi connectivity index (χ4v) is 5.46. The number of hydrogen-bond donors (Lipinski definition) is 0. The molecule has 1 heterocycles. The Labute approximate surface area is 228 Å². The second-order valence-electron chi connectivity index (χ2n) is 9.85. The summed E-state index contributed by atoms with van der Waals surface area (Å²) < 4.78 is 6.26. The largest absolute Gasteiger partial charge is 0.455 e. The number of fused-ring (bicyclic) bond motifs is 3. The van der Waals surface area contributed by atoms with Crippen molar-refractivity contribution in [2.75, 3.05) is 11.9 Å². The number of hydrogen-bond acceptors (Lipinski definition) is 2. The van der Waals surface area contributed by atoms with Gasteiger partial charge in [0, 0.05) is 40.3 Å². The van der Waals surface area contributed by atoms with E-state index in [4.69, 9.17) is 4.42 Å². The molecule has 0 aliphatic heterocycles. The van der Waals surface area contributed by atoms with Crippen molar-refractivity contribution in [3.05, 3.63) is 146 Å². The molecular weight excluding hydrogens is 474 g/mol. The Morgan fingerprint density at radius 3 is 1.79 bits per heavy atom. The van der Waals surface area contributed by atoms with E-state index in [9.17, 15) is 0 Å². The van der Waals surface area contributed by atoms with Gasteiger partial charge < -0.3 is 9.32 Å². The first-order valence-electron chi connectivity index (χ1n) is 13.3. The number of benzene rings is 6. The van der Waals surface area contributed by atoms with E-state index in [2.05, 4.69) is 145 Å². The normalized spacial score (nSPS) is 11.2. The third kappa shape index (κ3) is 4.17. The average molecular weight is 502 g/mol. The quantitative estimate of drug-likeness (QED) is 0.233. The van der Waals surface area contributed by atoms with Crippen molar-refractivity contribution in [2.45, 2.75) is 0 Å². The van der Waals surface area contributed by atoms with Crippen molar-refractivity contribution in [3.63, 3.8) is 0 Å². The van der Waals surface area contributed by atoms with Gasteiger partial charge in [-0.3, -0.25) is 0 Å². The molecule has 2 heteroatoms. The molecule has 0 spiro atoms. The van der Waals surface area contributed by atoms with Crippen molar-refractivity contribution in [2.24, 2.45) is 0 Å². The van der Waals surface area contributed by atoms with E-state index >= 15 is 0 Å². The summed E-state index contributed by atoms with van der Waals surface area (Å²) in [5, 5.41) is 2.31. The van der Waals surface area contributed by atoms with E-state index in [1.807, 2.05) is 12.1 Å². The molecule has 0 atom stereocenters. The lowest BCUT2D eigenvalue weighted by atomic mass is 9.98. The van der Waals surface area contributed by atoms with Gasteiger partial charge >= 0.3 is 0 Å². The van der Waals surface area contributed by atoms with Gasteiger partial charge in [0.15, 0.2) is 0 Å². The standard InChI is InChI=1S/C37H27NO/c1-38(35-16-7-5-12-31(35)28-10-3-2-4-11-28)30-24-22-27(23-25-30)26-18-20-29(21-19-26)32-14-9-15-34-33-13-6-8-17-36(33)39-37(32)34/h2-25H,1H3. The summed E-state index contributed by atoms with van der Waals surface area (Å²) in [5.41, 5.74) is 11.3. The van der Waals surface area contributed by atoms with Crippen LogP contribution >= 0.6 is 0 Å². The Balaban J connectivity index is 1.17. The summed E-state index contributed by atoms with van der Waals surface area (Å²) in [6.07, 6.45) is 0. The Kier molecular flexibility index (Phi) is 5.71. The highest BCUT2D eigenvalue weighted by Gasteiger charge is 2.13. The monoisotopic (exact) mass is 501 g/mol. The van der Waals surface area contributed by atoms with Gasteiger partial charge in [0.25, 0.3) is 0 Å². The topological polar surface area (TPSA) is 16.4 Å². The van der Waals surface area contributed by atoms with E-state index in [0.717, 1.165) is 38.8 Å². The van der Waals surface area contributed by atoms with Crippen molar-refractivity contribution >= 4 is 33.3 Å². The molecule has 7 rings (SSSR count). The summed E-state index contributed by atoms with van der Waals surface area (Å²) in [6.45, 7) is 0. The minimum absolute atomic E-state index is 0.924. The van der Waals surface area contributed by atoms with Crippen LogP contribution in [-0.4, -0.2) is 7.05 Å². The molecule has 0 saturated carbocycles. The molecule has 0 aliphatic carbocycles. The third-order valence-electron chi connectivity index (χ3n) is 7.54. The van der Waals surface area contributed by atoms with Crippen LogP contribution in [-0.2, 0) is 0 Å². The fourth-order valence-electron chi connectivity index (χ4n) is 5.46. The predicted octanol–water partition coefficient (Wildman–Crippen LogP) is 10.4. The first kappa shape index (κ1) is 23.1. The maximum Gasteiger partial charge on any atom is 0.143 e. The van der Waals surface area contributed by atoms with Crippen molar-refractivity contribution < 1.29 is 4.42 Å². The van der Waals surface area contributed by atoms with Crippen LogP contribution < -0.4 is 4.90 Å².